The van der Waals surface area contributed by atoms with Gasteiger partial charge in [0.05, 0.1) is 25.7 Å². The Kier molecular flexibility index (Phi) is 5.07. The molecule has 0 bridgehead atoms. The summed E-state index contributed by atoms with van der Waals surface area (Å²) in [5, 5.41) is 0. The normalized spacial score (nSPS) is 27.0. The van der Waals surface area contributed by atoms with E-state index in [1.807, 2.05) is 30.3 Å². The summed E-state index contributed by atoms with van der Waals surface area (Å²) in [6, 6.07) is 9.76. The van der Waals surface area contributed by atoms with E-state index in [0.29, 0.717) is 13.0 Å². The van der Waals surface area contributed by atoms with Crippen LogP contribution >= 0.6 is 0 Å². The average Bonchev–Trinajstić information content (AvgIpc) is 2.98. The van der Waals surface area contributed by atoms with Crippen molar-refractivity contribution in [2.75, 3.05) is 26.3 Å². The molecule has 3 aliphatic rings. The lowest BCUT2D eigenvalue weighted by atomic mass is 9.80. The highest BCUT2D eigenvalue weighted by Crippen LogP contribution is 2.39. The molecule has 0 saturated carbocycles. The molecule has 2 amide bonds. The van der Waals surface area contributed by atoms with Gasteiger partial charge in [0.1, 0.15) is 0 Å². The minimum atomic E-state index is -0.208. The van der Waals surface area contributed by atoms with E-state index in [4.69, 9.17) is 4.74 Å². The third-order valence-corrected chi connectivity index (χ3v) is 5.78. The molecule has 1 aromatic rings. The highest BCUT2D eigenvalue weighted by molar-refractivity contribution is 6.03. The molecule has 2 atom stereocenters. The van der Waals surface area contributed by atoms with Gasteiger partial charge in [0.25, 0.3) is 0 Å². The standard InChI is InChI=1S/C21H26N2O3/c24-20-14-18(21(25)23(20)15-16-6-2-1-3-7-16)17-8-4-5-9-19(17)22-10-12-26-13-11-22/h1-3,6-7,9,17-18H,4-5,8,10-15H2/t17-,18+/m1/s1. The number of allylic oxidation sites excluding steroid dienone is 2. The molecule has 0 spiro atoms. The topological polar surface area (TPSA) is 49.9 Å². The van der Waals surface area contributed by atoms with E-state index in [9.17, 15) is 9.59 Å². The Labute approximate surface area is 154 Å². The monoisotopic (exact) mass is 354 g/mol. The fourth-order valence-corrected chi connectivity index (χ4v) is 4.43. The van der Waals surface area contributed by atoms with E-state index in [-0.39, 0.29) is 23.7 Å². The molecular weight excluding hydrogens is 328 g/mol. The van der Waals surface area contributed by atoms with Crippen molar-refractivity contribution in [1.29, 1.82) is 0 Å². The van der Waals surface area contributed by atoms with Crippen molar-refractivity contribution in [2.24, 2.45) is 11.8 Å². The molecule has 2 saturated heterocycles. The number of hydrogen-bond donors (Lipinski definition) is 0. The smallest absolute Gasteiger partial charge is 0.233 e. The summed E-state index contributed by atoms with van der Waals surface area (Å²) in [6.07, 6.45) is 5.78. The van der Waals surface area contributed by atoms with Gasteiger partial charge in [-0.2, -0.15) is 0 Å². The Morgan fingerprint density at radius 3 is 2.58 bits per heavy atom. The Hall–Kier alpha value is -2.14. The SMILES string of the molecule is O=C1C[C@@H]([C@H]2CCCC=C2N2CCOCC2)C(=O)N1Cc1ccccc1. The minimum absolute atomic E-state index is 0.00455. The first-order valence-corrected chi connectivity index (χ1v) is 9.65. The fraction of sp³-hybridized carbons (Fsp3) is 0.524. The third-order valence-electron chi connectivity index (χ3n) is 5.78. The van der Waals surface area contributed by atoms with E-state index in [2.05, 4.69) is 11.0 Å². The van der Waals surface area contributed by atoms with Crippen LogP contribution in [0, 0.1) is 11.8 Å². The lowest BCUT2D eigenvalue weighted by Gasteiger charge is -2.38. The minimum Gasteiger partial charge on any atom is -0.378 e. The Balaban J connectivity index is 1.51. The van der Waals surface area contributed by atoms with E-state index < -0.39 is 0 Å². The molecule has 1 aromatic carbocycles. The quantitative estimate of drug-likeness (QED) is 0.780. The predicted octanol–water partition coefficient (Wildman–Crippen LogP) is 2.58. The van der Waals surface area contributed by atoms with E-state index in [1.165, 1.54) is 10.6 Å². The number of nitrogens with zero attached hydrogens (tertiary/aromatic N) is 2. The zero-order valence-electron chi connectivity index (χ0n) is 15.1. The number of carbonyl (C=O) groups excluding carboxylic acids is 2. The average molecular weight is 354 g/mol. The Morgan fingerprint density at radius 1 is 1.04 bits per heavy atom. The molecule has 138 valence electrons. The second kappa shape index (κ2) is 7.62. The number of likely N-dealkylation sites (tertiary alicyclic amines) is 1. The zero-order valence-corrected chi connectivity index (χ0v) is 15.1. The molecule has 4 rings (SSSR count). The van der Waals surface area contributed by atoms with Gasteiger partial charge in [-0.25, -0.2) is 0 Å². The van der Waals surface area contributed by atoms with Crippen molar-refractivity contribution in [1.82, 2.24) is 9.80 Å². The molecule has 0 aromatic heterocycles. The number of amides is 2. The summed E-state index contributed by atoms with van der Waals surface area (Å²) >= 11 is 0. The molecule has 5 heteroatoms. The largest absolute Gasteiger partial charge is 0.378 e. The van der Waals surface area contributed by atoms with Crippen LogP contribution in [0.2, 0.25) is 0 Å². The van der Waals surface area contributed by atoms with Gasteiger partial charge in [0.2, 0.25) is 11.8 Å². The van der Waals surface area contributed by atoms with Crippen LogP contribution in [0.5, 0.6) is 0 Å². The van der Waals surface area contributed by atoms with Crippen LogP contribution in [-0.4, -0.2) is 47.9 Å². The molecule has 2 heterocycles. The third kappa shape index (κ3) is 3.40. The Morgan fingerprint density at radius 2 is 1.81 bits per heavy atom. The van der Waals surface area contributed by atoms with Crippen molar-refractivity contribution in [2.45, 2.75) is 32.2 Å². The van der Waals surface area contributed by atoms with Crippen molar-refractivity contribution in [3.05, 3.63) is 47.7 Å². The summed E-state index contributed by atoms with van der Waals surface area (Å²) in [7, 11) is 0. The van der Waals surface area contributed by atoms with Gasteiger partial charge >= 0.3 is 0 Å². The molecule has 0 N–H and O–H groups in total. The van der Waals surface area contributed by atoms with Gasteiger partial charge in [-0.3, -0.25) is 14.5 Å². The maximum absolute atomic E-state index is 13.1. The molecule has 0 unspecified atom stereocenters. The summed E-state index contributed by atoms with van der Waals surface area (Å²) in [4.78, 5) is 29.5. The summed E-state index contributed by atoms with van der Waals surface area (Å²) in [5.41, 5.74) is 2.27. The number of carbonyl (C=O) groups is 2. The van der Waals surface area contributed by atoms with Crippen LogP contribution < -0.4 is 0 Å². The summed E-state index contributed by atoms with van der Waals surface area (Å²) < 4.78 is 5.47. The molecule has 0 radical (unpaired) electrons. The summed E-state index contributed by atoms with van der Waals surface area (Å²) in [6.45, 7) is 3.62. The Bertz CT molecular complexity index is 694. The molecular formula is C21H26N2O3. The molecule has 26 heavy (non-hydrogen) atoms. The second-order valence-electron chi connectivity index (χ2n) is 7.38. The van der Waals surface area contributed by atoms with Crippen LogP contribution in [0.4, 0.5) is 0 Å². The molecule has 1 aliphatic carbocycles. The van der Waals surface area contributed by atoms with Gasteiger partial charge in [-0.1, -0.05) is 36.4 Å². The van der Waals surface area contributed by atoms with Crippen molar-refractivity contribution >= 4 is 11.8 Å². The maximum Gasteiger partial charge on any atom is 0.233 e. The molecule has 5 nitrogen and oxygen atoms in total. The van der Waals surface area contributed by atoms with Crippen molar-refractivity contribution < 1.29 is 14.3 Å². The zero-order chi connectivity index (χ0) is 17.9. The van der Waals surface area contributed by atoms with E-state index >= 15 is 0 Å². The number of rotatable bonds is 4. The van der Waals surface area contributed by atoms with Crippen LogP contribution in [-0.2, 0) is 20.9 Å². The number of ether oxygens (including phenoxy) is 1. The van der Waals surface area contributed by atoms with Crippen molar-refractivity contribution in [3.8, 4) is 0 Å². The van der Waals surface area contributed by atoms with Gasteiger partial charge in [0.15, 0.2) is 0 Å². The predicted molar refractivity (Wildman–Crippen MR) is 97.9 cm³/mol. The lowest BCUT2D eigenvalue weighted by Crippen LogP contribution is -2.41. The van der Waals surface area contributed by atoms with Crippen LogP contribution in [0.1, 0.15) is 31.2 Å². The summed E-state index contributed by atoms with van der Waals surface area (Å²) in [5.74, 6) is -0.0691. The first-order chi connectivity index (χ1) is 12.7. The van der Waals surface area contributed by atoms with E-state index in [1.54, 1.807) is 0 Å². The van der Waals surface area contributed by atoms with Gasteiger partial charge in [-0.05, 0) is 24.8 Å². The van der Waals surface area contributed by atoms with Gasteiger partial charge < -0.3 is 9.64 Å². The first-order valence-electron chi connectivity index (χ1n) is 9.65. The van der Waals surface area contributed by atoms with E-state index in [0.717, 1.165) is 51.1 Å². The number of hydrogen-bond acceptors (Lipinski definition) is 4. The highest BCUT2D eigenvalue weighted by Gasteiger charge is 2.45. The van der Waals surface area contributed by atoms with Crippen LogP contribution in [0.15, 0.2) is 42.1 Å². The molecule has 2 aliphatic heterocycles. The van der Waals surface area contributed by atoms with Crippen LogP contribution in [0.25, 0.3) is 0 Å². The number of benzene rings is 1. The number of morpholine rings is 1. The number of imide groups is 1. The van der Waals surface area contributed by atoms with Crippen molar-refractivity contribution in [3.63, 3.8) is 0 Å². The maximum atomic E-state index is 13.1. The first kappa shape index (κ1) is 17.3. The lowest BCUT2D eigenvalue weighted by molar-refractivity contribution is -0.140. The van der Waals surface area contributed by atoms with Gasteiger partial charge in [0, 0.05) is 31.1 Å². The van der Waals surface area contributed by atoms with Crippen LogP contribution in [0.3, 0.4) is 0 Å². The highest BCUT2D eigenvalue weighted by atomic mass is 16.5. The second-order valence-corrected chi connectivity index (χ2v) is 7.38. The van der Waals surface area contributed by atoms with Gasteiger partial charge in [-0.15, -0.1) is 0 Å². The molecule has 2 fully saturated rings. The fourth-order valence-electron chi connectivity index (χ4n) is 4.43.